The summed E-state index contributed by atoms with van der Waals surface area (Å²) in [4.78, 5) is 46.6. The number of thiophene rings is 2. The van der Waals surface area contributed by atoms with Gasteiger partial charge < -0.3 is 35.8 Å². The third kappa shape index (κ3) is 11.7. The molecular weight excluding hydrogens is 620 g/mol. The van der Waals surface area contributed by atoms with E-state index < -0.39 is 17.9 Å². The SMILES string of the molecule is COC(=O)c1sc(C(=O)NCCc2cccc(O)c2)cc1C.COC(=O)c1sc(C(=O)O)cc1C.NCCc1cccc(O)c1. The zero-order chi connectivity index (χ0) is 33.5. The van der Waals surface area contributed by atoms with Gasteiger partial charge in [0.05, 0.1) is 19.1 Å². The topological polar surface area (TPSA) is 185 Å². The summed E-state index contributed by atoms with van der Waals surface area (Å²) in [5, 5.41) is 29.8. The van der Waals surface area contributed by atoms with Crippen molar-refractivity contribution in [3.8, 4) is 11.5 Å². The van der Waals surface area contributed by atoms with Crippen LogP contribution in [0.4, 0.5) is 0 Å². The molecule has 2 heterocycles. The number of amides is 1. The first-order chi connectivity index (χ1) is 21.4. The summed E-state index contributed by atoms with van der Waals surface area (Å²) in [6.07, 6.45) is 1.45. The van der Waals surface area contributed by atoms with E-state index in [0.29, 0.717) is 45.5 Å². The fourth-order valence-electron chi connectivity index (χ4n) is 3.77. The first kappa shape index (κ1) is 36.5. The molecule has 0 saturated heterocycles. The number of ether oxygens (including phenoxy) is 2. The number of phenolic OH excluding ortho intramolecular Hbond substituents is 2. The van der Waals surface area contributed by atoms with Crippen molar-refractivity contribution in [2.45, 2.75) is 26.7 Å². The normalized spacial score (nSPS) is 9.98. The maximum atomic E-state index is 12.1. The Hall–Kier alpha value is -4.72. The molecule has 0 aliphatic heterocycles. The van der Waals surface area contributed by atoms with Gasteiger partial charge in [-0.3, -0.25) is 4.79 Å². The average molecular weight is 657 g/mol. The zero-order valence-corrected chi connectivity index (χ0v) is 26.9. The Morgan fingerprint density at radius 2 is 1.22 bits per heavy atom. The number of phenols is 2. The molecule has 45 heavy (non-hydrogen) atoms. The van der Waals surface area contributed by atoms with Crippen LogP contribution in [0.5, 0.6) is 11.5 Å². The lowest BCUT2D eigenvalue weighted by Gasteiger charge is -2.04. The summed E-state index contributed by atoms with van der Waals surface area (Å²) in [7, 11) is 2.58. The highest BCUT2D eigenvalue weighted by Gasteiger charge is 2.18. The number of rotatable bonds is 9. The van der Waals surface area contributed by atoms with Crippen molar-refractivity contribution in [1.29, 1.82) is 0 Å². The highest BCUT2D eigenvalue weighted by molar-refractivity contribution is 7.16. The Morgan fingerprint density at radius 1 is 0.756 bits per heavy atom. The smallest absolute Gasteiger partial charge is 0.348 e. The fraction of sp³-hybridized carbons (Fsp3) is 0.250. The van der Waals surface area contributed by atoms with E-state index in [-0.39, 0.29) is 16.5 Å². The van der Waals surface area contributed by atoms with Gasteiger partial charge in [-0.1, -0.05) is 24.3 Å². The van der Waals surface area contributed by atoms with E-state index in [2.05, 4.69) is 14.8 Å². The van der Waals surface area contributed by atoms with Gasteiger partial charge in [0.1, 0.15) is 26.1 Å². The summed E-state index contributed by atoms with van der Waals surface area (Å²) in [6.45, 7) is 4.53. The number of aromatic hydroxyl groups is 2. The monoisotopic (exact) mass is 656 g/mol. The number of aromatic carboxylic acids is 1. The number of hydrogen-bond donors (Lipinski definition) is 5. The van der Waals surface area contributed by atoms with Crippen LogP contribution in [0.15, 0.2) is 60.7 Å². The molecular formula is C32H36N2O9S2. The molecule has 13 heteroatoms. The van der Waals surface area contributed by atoms with E-state index in [0.717, 1.165) is 45.8 Å². The zero-order valence-electron chi connectivity index (χ0n) is 25.3. The van der Waals surface area contributed by atoms with Crippen molar-refractivity contribution in [2.24, 2.45) is 5.73 Å². The molecule has 0 aliphatic rings. The summed E-state index contributed by atoms with van der Waals surface area (Å²) in [6, 6.07) is 17.2. The van der Waals surface area contributed by atoms with Crippen LogP contribution in [0, 0.1) is 13.8 Å². The Kier molecular flexibility index (Phi) is 14.7. The largest absolute Gasteiger partial charge is 0.508 e. The van der Waals surface area contributed by atoms with E-state index in [4.69, 9.17) is 15.9 Å². The van der Waals surface area contributed by atoms with E-state index in [9.17, 15) is 24.3 Å². The average Bonchev–Trinajstić information content (AvgIpc) is 3.60. The van der Waals surface area contributed by atoms with Gasteiger partial charge in [-0.05, 0) is 91.9 Å². The van der Waals surface area contributed by atoms with Gasteiger partial charge >= 0.3 is 17.9 Å². The number of carbonyl (C=O) groups excluding carboxylic acids is 3. The molecule has 2 aromatic carbocycles. The van der Waals surface area contributed by atoms with Gasteiger partial charge in [0.2, 0.25) is 0 Å². The second-order valence-electron chi connectivity index (χ2n) is 9.42. The molecule has 0 atom stereocenters. The number of hydrogen-bond acceptors (Lipinski definition) is 11. The lowest BCUT2D eigenvalue weighted by Crippen LogP contribution is -2.24. The third-order valence-electron chi connectivity index (χ3n) is 5.97. The number of carbonyl (C=O) groups is 4. The maximum Gasteiger partial charge on any atom is 0.348 e. The van der Waals surface area contributed by atoms with Crippen molar-refractivity contribution in [3.63, 3.8) is 0 Å². The highest BCUT2D eigenvalue weighted by atomic mass is 32.1. The van der Waals surface area contributed by atoms with Crippen LogP contribution in [-0.2, 0) is 22.3 Å². The first-order valence-corrected chi connectivity index (χ1v) is 15.2. The van der Waals surface area contributed by atoms with E-state index >= 15 is 0 Å². The van der Waals surface area contributed by atoms with Crippen LogP contribution < -0.4 is 11.1 Å². The van der Waals surface area contributed by atoms with E-state index in [1.54, 1.807) is 50.2 Å². The van der Waals surface area contributed by atoms with Crippen LogP contribution in [0.3, 0.4) is 0 Å². The number of nitrogens with one attached hydrogen (secondary N) is 1. The van der Waals surface area contributed by atoms with Crippen LogP contribution >= 0.6 is 22.7 Å². The van der Waals surface area contributed by atoms with Crippen molar-refractivity contribution < 1.29 is 44.0 Å². The minimum atomic E-state index is -1.02. The van der Waals surface area contributed by atoms with Crippen molar-refractivity contribution in [3.05, 3.63) is 102 Å². The molecule has 0 fully saturated rings. The van der Waals surface area contributed by atoms with Crippen molar-refractivity contribution >= 4 is 46.5 Å². The maximum absolute atomic E-state index is 12.1. The van der Waals surface area contributed by atoms with Gasteiger partial charge in [0.15, 0.2) is 0 Å². The van der Waals surface area contributed by atoms with Crippen LogP contribution in [0.25, 0.3) is 0 Å². The first-order valence-electron chi connectivity index (χ1n) is 13.5. The summed E-state index contributed by atoms with van der Waals surface area (Å²) in [5.41, 5.74) is 8.72. The number of carboxylic acids is 1. The number of nitrogens with two attached hydrogens (primary N) is 1. The highest BCUT2D eigenvalue weighted by Crippen LogP contribution is 2.23. The van der Waals surface area contributed by atoms with E-state index in [1.807, 2.05) is 18.2 Å². The molecule has 4 aromatic rings. The van der Waals surface area contributed by atoms with Gasteiger partial charge in [-0.25, -0.2) is 14.4 Å². The lowest BCUT2D eigenvalue weighted by molar-refractivity contribution is 0.0596. The number of carboxylic acid groups (broad SMARTS) is 1. The minimum absolute atomic E-state index is 0.151. The standard InChI is InChI=1S/C16H17NO4S.C8H11NO.C8H8O4S/c1-10-8-13(22-14(10)16(20)21-2)15(19)17-7-6-11-4-3-5-12(18)9-11;9-5-4-7-2-1-3-8(10)6-7;1-4-3-5(7(9)10)13-6(4)8(11)12-2/h3-5,8-9,18H,6-7H2,1-2H3,(H,17,19);1-3,6,10H,4-5,9H2;3H,1-2H3,(H,9,10). The van der Waals surface area contributed by atoms with Crippen LogP contribution in [0.1, 0.15) is 60.9 Å². The minimum Gasteiger partial charge on any atom is -0.508 e. The summed E-state index contributed by atoms with van der Waals surface area (Å²) < 4.78 is 9.17. The molecule has 4 rings (SSSR count). The summed E-state index contributed by atoms with van der Waals surface area (Å²) >= 11 is 2.05. The lowest BCUT2D eigenvalue weighted by atomic mass is 10.1. The number of aryl methyl sites for hydroxylation is 2. The molecule has 240 valence electrons. The van der Waals surface area contributed by atoms with Gasteiger partial charge in [-0.15, -0.1) is 22.7 Å². The molecule has 1 amide bonds. The molecule has 0 radical (unpaired) electrons. The number of benzene rings is 2. The van der Waals surface area contributed by atoms with Crippen molar-refractivity contribution in [1.82, 2.24) is 5.32 Å². The summed E-state index contributed by atoms with van der Waals surface area (Å²) in [5.74, 6) is -1.64. The second-order valence-corrected chi connectivity index (χ2v) is 11.5. The molecule has 0 aliphatic carbocycles. The molecule has 0 bridgehead atoms. The Balaban J connectivity index is 0.000000259. The predicted molar refractivity (Wildman–Crippen MR) is 173 cm³/mol. The quantitative estimate of drug-likeness (QED) is 0.154. The molecule has 2 aromatic heterocycles. The third-order valence-corrected chi connectivity index (χ3v) is 8.39. The van der Waals surface area contributed by atoms with Gasteiger partial charge in [-0.2, -0.15) is 0 Å². The number of methoxy groups -OCH3 is 2. The molecule has 0 unspecified atom stereocenters. The molecule has 0 saturated carbocycles. The van der Waals surface area contributed by atoms with Crippen molar-refractivity contribution in [2.75, 3.05) is 27.3 Å². The van der Waals surface area contributed by atoms with Crippen LogP contribution in [-0.4, -0.2) is 66.4 Å². The van der Waals surface area contributed by atoms with Gasteiger partial charge in [0.25, 0.3) is 5.91 Å². The number of esters is 2. The Morgan fingerprint density at radius 3 is 1.64 bits per heavy atom. The van der Waals surface area contributed by atoms with E-state index in [1.165, 1.54) is 20.3 Å². The second kappa shape index (κ2) is 18.2. The predicted octanol–water partition coefficient (Wildman–Crippen LogP) is 4.96. The Labute approximate surface area is 268 Å². The molecule has 6 N–H and O–H groups in total. The van der Waals surface area contributed by atoms with Crippen LogP contribution in [0.2, 0.25) is 0 Å². The molecule has 0 spiro atoms. The fourth-order valence-corrected chi connectivity index (χ4v) is 5.71. The Bertz CT molecular complexity index is 1610. The molecule has 11 nitrogen and oxygen atoms in total. The van der Waals surface area contributed by atoms with Gasteiger partial charge in [0, 0.05) is 6.54 Å².